The molecule has 1 aromatic rings. The number of piperidine rings is 2. The quantitative estimate of drug-likeness (QED) is 0.798. The fourth-order valence-corrected chi connectivity index (χ4v) is 3.70. The summed E-state index contributed by atoms with van der Waals surface area (Å²) in [5.41, 5.74) is 2.24. The maximum absolute atomic E-state index is 11.8. The van der Waals surface area contributed by atoms with Crippen LogP contribution in [0.4, 0.5) is 5.69 Å². The Hall–Kier alpha value is -2.37. The lowest BCUT2D eigenvalue weighted by atomic mass is 9.91. The summed E-state index contributed by atoms with van der Waals surface area (Å²) in [6, 6.07) is 8.22. The van der Waals surface area contributed by atoms with Crippen LogP contribution in [0.3, 0.4) is 0 Å². The predicted octanol–water partition coefficient (Wildman–Crippen LogP) is 1.97. The van der Waals surface area contributed by atoms with Crippen LogP contribution in [0.15, 0.2) is 24.3 Å². The molecule has 134 valence electrons. The first-order chi connectivity index (χ1) is 12.0. The largest absolute Gasteiger partial charge is 0.481 e. The van der Waals surface area contributed by atoms with Gasteiger partial charge in [-0.25, -0.2) is 0 Å². The molecule has 6 nitrogen and oxygen atoms in total. The standard InChI is InChI=1S/C19H24N2O4/c22-17-6-3-15(19(25)20-17)11-13-1-4-16(5-2-13)21-9-7-14(8-10-21)12-18(23)24/h1-2,4-5,14-15H,3,6-12H2,(H,23,24)(H,20,22,25). The molecule has 2 heterocycles. The van der Waals surface area contributed by atoms with Crippen LogP contribution in [0, 0.1) is 11.8 Å². The third-order valence-corrected chi connectivity index (χ3v) is 5.21. The van der Waals surface area contributed by atoms with Crippen molar-refractivity contribution in [3.05, 3.63) is 29.8 Å². The number of amides is 2. The van der Waals surface area contributed by atoms with E-state index < -0.39 is 5.97 Å². The van der Waals surface area contributed by atoms with Crippen LogP contribution >= 0.6 is 0 Å². The van der Waals surface area contributed by atoms with E-state index in [1.54, 1.807) is 0 Å². The molecule has 0 spiro atoms. The van der Waals surface area contributed by atoms with Crippen molar-refractivity contribution >= 4 is 23.5 Å². The summed E-state index contributed by atoms with van der Waals surface area (Å²) >= 11 is 0. The Kier molecular flexibility index (Phi) is 5.36. The molecule has 0 saturated carbocycles. The van der Waals surface area contributed by atoms with Gasteiger partial charge >= 0.3 is 5.97 Å². The Bertz CT molecular complexity index is 648. The fraction of sp³-hybridized carbons (Fsp3) is 0.526. The summed E-state index contributed by atoms with van der Waals surface area (Å²) < 4.78 is 0. The Morgan fingerprint density at radius 3 is 2.40 bits per heavy atom. The van der Waals surface area contributed by atoms with Crippen molar-refractivity contribution in [3.63, 3.8) is 0 Å². The molecule has 25 heavy (non-hydrogen) atoms. The van der Waals surface area contributed by atoms with E-state index in [2.05, 4.69) is 22.3 Å². The fourth-order valence-electron chi connectivity index (χ4n) is 3.70. The number of hydrogen-bond donors (Lipinski definition) is 2. The van der Waals surface area contributed by atoms with Gasteiger partial charge in [-0.1, -0.05) is 12.1 Å². The van der Waals surface area contributed by atoms with Crippen molar-refractivity contribution in [2.45, 2.75) is 38.5 Å². The van der Waals surface area contributed by atoms with Gasteiger partial charge in [0.25, 0.3) is 0 Å². The molecular weight excluding hydrogens is 320 g/mol. The van der Waals surface area contributed by atoms with Gasteiger partial charge in [0.05, 0.1) is 0 Å². The van der Waals surface area contributed by atoms with Crippen molar-refractivity contribution in [1.29, 1.82) is 0 Å². The van der Waals surface area contributed by atoms with Crippen LogP contribution < -0.4 is 10.2 Å². The highest BCUT2D eigenvalue weighted by Crippen LogP contribution is 2.26. The summed E-state index contributed by atoms with van der Waals surface area (Å²) in [5, 5.41) is 11.3. The number of hydrogen-bond acceptors (Lipinski definition) is 4. The van der Waals surface area contributed by atoms with E-state index in [4.69, 9.17) is 5.11 Å². The molecule has 1 aromatic carbocycles. The molecule has 0 aromatic heterocycles. The molecule has 0 bridgehead atoms. The Morgan fingerprint density at radius 2 is 1.80 bits per heavy atom. The topological polar surface area (TPSA) is 86.7 Å². The Balaban J connectivity index is 1.53. The molecule has 2 aliphatic heterocycles. The highest BCUT2D eigenvalue weighted by molar-refractivity contribution is 5.98. The lowest BCUT2D eigenvalue weighted by molar-refractivity contribution is -0.138. The number of benzene rings is 1. The van der Waals surface area contributed by atoms with Crippen molar-refractivity contribution in [2.24, 2.45) is 11.8 Å². The number of nitrogens with one attached hydrogen (secondary N) is 1. The SMILES string of the molecule is O=C(O)CC1CCN(c2ccc(CC3CCC(=O)NC3=O)cc2)CC1. The van der Waals surface area contributed by atoms with Gasteiger partial charge in [-0.2, -0.15) is 0 Å². The molecule has 6 heteroatoms. The number of rotatable bonds is 5. The molecular formula is C19H24N2O4. The first-order valence-corrected chi connectivity index (χ1v) is 8.90. The maximum Gasteiger partial charge on any atom is 0.303 e. The van der Waals surface area contributed by atoms with Gasteiger partial charge < -0.3 is 10.0 Å². The van der Waals surface area contributed by atoms with Gasteiger partial charge in [0, 0.05) is 37.5 Å². The summed E-state index contributed by atoms with van der Waals surface area (Å²) in [6.45, 7) is 1.76. The second-order valence-corrected chi connectivity index (χ2v) is 7.05. The van der Waals surface area contributed by atoms with Crippen LogP contribution in [0.1, 0.15) is 37.7 Å². The van der Waals surface area contributed by atoms with Crippen LogP contribution in [0.25, 0.3) is 0 Å². The normalized spacial score (nSPS) is 21.9. The number of imide groups is 1. The van der Waals surface area contributed by atoms with Crippen LogP contribution in [0.2, 0.25) is 0 Å². The number of aliphatic carboxylic acids is 1. The Morgan fingerprint density at radius 1 is 1.12 bits per heavy atom. The van der Waals surface area contributed by atoms with Crippen LogP contribution in [-0.2, 0) is 20.8 Å². The maximum atomic E-state index is 11.8. The van der Waals surface area contributed by atoms with Crippen molar-refractivity contribution in [2.75, 3.05) is 18.0 Å². The van der Waals surface area contributed by atoms with E-state index >= 15 is 0 Å². The van der Waals surface area contributed by atoms with E-state index in [9.17, 15) is 14.4 Å². The minimum Gasteiger partial charge on any atom is -0.481 e. The molecule has 1 atom stereocenters. The summed E-state index contributed by atoms with van der Waals surface area (Å²) in [7, 11) is 0. The summed E-state index contributed by atoms with van der Waals surface area (Å²) in [4.78, 5) is 36.1. The molecule has 2 amide bonds. The molecule has 0 radical (unpaired) electrons. The molecule has 2 fully saturated rings. The molecule has 2 N–H and O–H groups in total. The van der Waals surface area contributed by atoms with E-state index in [0.717, 1.165) is 37.2 Å². The van der Waals surface area contributed by atoms with Crippen molar-refractivity contribution < 1.29 is 19.5 Å². The monoisotopic (exact) mass is 344 g/mol. The van der Waals surface area contributed by atoms with Crippen molar-refractivity contribution in [1.82, 2.24) is 5.32 Å². The minimum atomic E-state index is -0.712. The second-order valence-electron chi connectivity index (χ2n) is 7.05. The minimum absolute atomic E-state index is 0.129. The van der Waals surface area contributed by atoms with Gasteiger partial charge in [0.15, 0.2) is 0 Å². The number of anilines is 1. The first-order valence-electron chi connectivity index (χ1n) is 8.90. The van der Waals surface area contributed by atoms with E-state index in [1.807, 2.05) is 12.1 Å². The second kappa shape index (κ2) is 7.68. The number of carbonyl (C=O) groups excluding carboxylic acids is 2. The predicted molar refractivity (Wildman–Crippen MR) is 93.2 cm³/mol. The number of carbonyl (C=O) groups is 3. The number of carboxylic acid groups (broad SMARTS) is 1. The highest BCUT2D eigenvalue weighted by Gasteiger charge is 2.26. The Labute approximate surface area is 147 Å². The van der Waals surface area contributed by atoms with Crippen molar-refractivity contribution in [3.8, 4) is 0 Å². The zero-order valence-electron chi connectivity index (χ0n) is 14.2. The smallest absolute Gasteiger partial charge is 0.303 e. The van der Waals surface area contributed by atoms with E-state index in [0.29, 0.717) is 19.3 Å². The van der Waals surface area contributed by atoms with Gasteiger partial charge in [0.1, 0.15) is 0 Å². The lowest BCUT2D eigenvalue weighted by Gasteiger charge is -2.33. The average Bonchev–Trinajstić information content (AvgIpc) is 2.58. The van der Waals surface area contributed by atoms with Gasteiger partial charge in [-0.15, -0.1) is 0 Å². The zero-order valence-corrected chi connectivity index (χ0v) is 14.2. The number of nitrogens with zero attached hydrogens (tertiary/aromatic N) is 1. The van der Waals surface area contributed by atoms with Gasteiger partial charge in [0.2, 0.25) is 11.8 Å². The van der Waals surface area contributed by atoms with E-state index in [-0.39, 0.29) is 30.1 Å². The molecule has 0 aliphatic carbocycles. The average molecular weight is 344 g/mol. The summed E-state index contributed by atoms with van der Waals surface area (Å²) in [6.07, 6.45) is 3.76. The zero-order chi connectivity index (χ0) is 17.8. The highest BCUT2D eigenvalue weighted by atomic mass is 16.4. The molecule has 1 unspecified atom stereocenters. The van der Waals surface area contributed by atoms with Gasteiger partial charge in [-0.3, -0.25) is 19.7 Å². The van der Waals surface area contributed by atoms with Gasteiger partial charge in [-0.05, 0) is 49.3 Å². The molecule has 2 saturated heterocycles. The summed E-state index contributed by atoms with van der Waals surface area (Å²) in [5.74, 6) is -0.907. The van der Waals surface area contributed by atoms with Crippen LogP contribution in [-0.4, -0.2) is 36.0 Å². The third kappa shape index (κ3) is 4.59. The van der Waals surface area contributed by atoms with Crippen LogP contribution in [0.5, 0.6) is 0 Å². The molecule has 3 rings (SSSR count). The number of carboxylic acids is 1. The lowest BCUT2D eigenvalue weighted by Crippen LogP contribution is -2.41. The first kappa shape index (κ1) is 17.5. The van der Waals surface area contributed by atoms with E-state index in [1.165, 1.54) is 0 Å². The third-order valence-electron chi connectivity index (χ3n) is 5.21. The molecule has 2 aliphatic rings.